The number of benzene rings is 1. The largest absolute Gasteiger partial charge is 0.480 e. The summed E-state index contributed by atoms with van der Waals surface area (Å²) in [5, 5.41) is 12.7. The molecule has 1 aromatic heterocycles. The molecule has 0 fully saturated rings. The number of hydrogen-bond donors (Lipinski definition) is 2. The first-order chi connectivity index (χ1) is 10.5. The summed E-state index contributed by atoms with van der Waals surface area (Å²) in [7, 11) is 0. The number of carbonyl (C=O) groups excluding carboxylic acids is 1. The molecule has 0 aliphatic carbocycles. The second-order valence-electron chi connectivity index (χ2n) is 5.61. The number of nitrogens with zero attached hydrogens (tertiary/aromatic N) is 1. The lowest BCUT2D eigenvalue weighted by Gasteiger charge is -2.17. The number of aromatic nitrogens is 1. The number of carboxylic acids is 1. The van der Waals surface area contributed by atoms with Crippen LogP contribution in [0.2, 0.25) is 0 Å². The van der Waals surface area contributed by atoms with Crippen molar-refractivity contribution in [1.82, 2.24) is 10.3 Å². The fourth-order valence-electron chi connectivity index (χ4n) is 2.38. The van der Waals surface area contributed by atoms with E-state index in [1.165, 1.54) is 0 Å². The Labute approximate surface area is 129 Å². The monoisotopic (exact) mass is 300 g/mol. The number of pyridine rings is 1. The summed E-state index contributed by atoms with van der Waals surface area (Å²) in [6.07, 6.45) is 2.54. The van der Waals surface area contributed by atoms with E-state index in [0.717, 1.165) is 16.5 Å². The van der Waals surface area contributed by atoms with Gasteiger partial charge in [0.25, 0.3) is 0 Å². The fraction of sp³-hybridized carbons (Fsp3) is 0.353. The molecule has 0 saturated carbocycles. The Bertz CT molecular complexity index is 677. The number of para-hydroxylation sites is 1. The third kappa shape index (κ3) is 3.81. The van der Waals surface area contributed by atoms with Gasteiger partial charge in [0.1, 0.15) is 6.04 Å². The molecule has 0 spiro atoms. The maximum absolute atomic E-state index is 12.0. The van der Waals surface area contributed by atoms with Crippen LogP contribution >= 0.6 is 0 Å². The molecule has 0 radical (unpaired) electrons. The zero-order chi connectivity index (χ0) is 16.1. The van der Waals surface area contributed by atoms with Crippen LogP contribution in [-0.4, -0.2) is 28.0 Å². The summed E-state index contributed by atoms with van der Waals surface area (Å²) in [6.45, 7) is 3.55. The molecule has 2 rings (SSSR count). The first-order valence-electron chi connectivity index (χ1n) is 7.34. The molecule has 1 atom stereocenters. The van der Waals surface area contributed by atoms with Crippen molar-refractivity contribution in [2.45, 2.75) is 32.7 Å². The first kappa shape index (κ1) is 15.9. The van der Waals surface area contributed by atoms with Crippen LogP contribution in [0, 0.1) is 5.92 Å². The van der Waals surface area contributed by atoms with E-state index in [2.05, 4.69) is 10.3 Å². The van der Waals surface area contributed by atoms with Gasteiger partial charge in [0.2, 0.25) is 5.91 Å². The van der Waals surface area contributed by atoms with Crippen LogP contribution in [0.25, 0.3) is 10.9 Å². The third-order valence-electron chi connectivity index (χ3n) is 3.61. The first-order valence-corrected chi connectivity index (χ1v) is 7.34. The SMILES string of the molecule is CC(C)[C@H](NC(=O)CCc1ccnc2ccccc12)C(=O)O. The number of rotatable bonds is 6. The second-order valence-corrected chi connectivity index (χ2v) is 5.61. The van der Waals surface area contributed by atoms with Gasteiger partial charge < -0.3 is 10.4 Å². The zero-order valence-corrected chi connectivity index (χ0v) is 12.7. The lowest BCUT2D eigenvalue weighted by Crippen LogP contribution is -2.44. The van der Waals surface area contributed by atoms with Crippen molar-refractivity contribution in [1.29, 1.82) is 0 Å². The smallest absolute Gasteiger partial charge is 0.326 e. The molecule has 2 aromatic rings. The molecule has 22 heavy (non-hydrogen) atoms. The van der Waals surface area contributed by atoms with Gasteiger partial charge in [-0.15, -0.1) is 0 Å². The highest BCUT2D eigenvalue weighted by molar-refractivity contribution is 5.85. The third-order valence-corrected chi connectivity index (χ3v) is 3.61. The fourth-order valence-corrected chi connectivity index (χ4v) is 2.38. The number of fused-ring (bicyclic) bond motifs is 1. The summed E-state index contributed by atoms with van der Waals surface area (Å²) in [6, 6.07) is 8.81. The van der Waals surface area contributed by atoms with Crippen LogP contribution in [0.15, 0.2) is 36.5 Å². The predicted molar refractivity (Wildman–Crippen MR) is 84.5 cm³/mol. The maximum atomic E-state index is 12.0. The lowest BCUT2D eigenvalue weighted by atomic mass is 10.0. The normalized spacial score (nSPS) is 12.3. The van der Waals surface area contributed by atoms with Crippen molar-refractivity contribution in [3.63, 3.8) is 0 Å². The average Bonchev–Trinajstić information content (AvgIpc) is 2.49. The molecule has 0 bridgehead atoms. The molecule has 0 saturated heterocycles. The highest BCUT2D eigenvalue weighted by atomic mass is 16.4. The van der Waals surface area contributed by atoms with E-state index in [1.807, 2.05) is 30.3 Å². The van der Waals surface area contributed by atoms with Gasteiger partial charge in [-0.2, -0.15) is 0 Å². The minimum absolute atomic E-state index is 0.150. The summed E-state index contributed by atoms with van der Waals surface area (Å²) in [5.74, 6) is -1.40. The van der Waals surface area contributed by atoms with Gasteiger partial charge in [0.15, 0.2) is 0 Å². The van der Waals surface area contributed by atoms with Crippen molar-refractivity contribution in [3.8, 4) is 0 Å². The summed E-state index contributed by atoms with van der Waals surface area (Å²) < 4.78 is 0. The standard InChI is InChI=1S/C17H20N2O3/c1-11(2)16(17(21)22)19-15(20)8-7-12-9-10-18-14-6-4-3-5-13(12)14/h3-6,9-11,16H,7-8H2,1-2H3,(H,19,20)(H,21,22)/t16-/m0/s1. The molecule has 0 aliphatic rings. The Kier molecular flexibility index (Phi) is 5.09. The summed E-state index contributed by atoms with van der Waals surface area (Å²) in [5.41, 5.74) is 1.93. The van der Waals surface area contributed by atoms with Crippen LogP contribution in [0.5, 0.6) is 0 Å². The number of aryl methyl sites for hydroxylation is 1. The van der Waals surface area contributed by atoms with E-state index in [4.69, 9.17) is 5.11 Å². The Morgan fingerprint density at radius 3 is 2.64 bits per heavy atom. The average molecular weight is 300 g/mol. The van der Waals surface area contributed by atoms with Gasteiger partial charge >= 0.3 is 5.97 Å². The van der Waals surface area contributed by atoms with Crippen LogP contribution in [0.1, 0.15) is 25.8 Å². The lowest BCUT2D eigenvalue weighted by molar-refractivity contribution is -0.143. The molecule has 5 nitrogen and oxygen atoms in total. The van der Waals surface area contributed by atoms with E-state index >= 15 is 0 Å². The second kappa shape index (κ2) is 7.02. The molecule has 0 unspecified atom stereocenters. The van der Waals surface area contributed by atoms with E-state index in [-0.39, 0.29) is 18.2 Å². The van der Waals surface area contributed by atoms with Crippen LogP contribution in [-0.2, 0) is 16.0 Å². The van der Waals surface area contributed by atoms with E-state index in [1.54, 1.807) is 20.0 Å². The highest BCUT2D eigenvalue weighted by Gasteiger charge is 2.23. The highest BCUT2D eigenvalue weighted by Crippen LogP contribution is 2.17. The van der Waals surface area contributed by atoms with Crippen LogP contribution in [0.4, 0.5) is 0 Å². The van der Waals surface area contributed by atoms with Gasteiger partial charge in [0.05, 0.1) is 5.52 Å². The number of amides is 1. The van der Waals surface area contributed by atoms with E-state index < -0.39 is 12.0 Å². The van der Waals surface area contributed by atoms with Gasteiger partial charge in [-0.25, -0.2) is 4.79 Å². The van der Waals surface area contributed by atoms with Crippen molar-refractivity contribution >= 4 is 22.8 Å². The summed E-state index contributed by atoms with van der Waals surface area (Å²) >= 11 is 0. The molecule has 116 valence electrons. The number of carbonyl (C=O) groups is 2. The molecule has 0 aliphatic heterocycles. The van der Waals surface area contributed by atoms with Gasteiger partial charge in [-0.3, -0.25) is 9.78 Å². The summed E-state index contributed by atoms with van der Waals surface area (Å²) in [4.78, 5) is 27.4. The molecule has 1 aromatic carbocycles. The Morgan fingerprint density at radius 1 is 1.23 bits per heavy atom. The Balaban J connectivity index is 2.03. The van der Waals surface area contributed by atoms with Crippen molar-refractivity contribution in [2.24, 2.45) is 5.92 Å². The molecular formula is C17H20N2O3. The van der Waals surface area contributed by atoms with Crippen molar-refractivity contribution in [3.05, 3.63) is 42.1 Å². The number of carboxylic acid groups (broad SMARTS) is 1. The molecule has 1 heterocycles. The molecular weight excluding hydrogens is 280 g/mol. The molecule has 1 amide bonds. The molecule has 2 N–H and O–H groups in total. The van der Waals surface area contributed by atoms with Crippen LogP contribution < -0.4 is 5.32 Å². The van der Waals surface area contributed by atoms with Gasteiger partial charge in [-0.05, 0) is 30.0 Å². The number of nitrogens with one attached hydrogen (secondary N) is 1. The van der Waals surface area contributed by atoms with Gasteiger partial charge in [-0.1, -0.05) is 32.0 Å². The van der Waals surface area contributed by atoms with E-state index in [0.29, 0.717) is 6.42 Å². The minimum Gasteiger partial charge on any atom is -0.480 e. The maximum Gasteiger partial charge on any atom is 0.326 e. The van der Waals surface area contributed by atoms with Gasteiger partial charge in [0, 0.05) is 18.0 Å². The van der Waals surface area contributed by atoms with Crippen molar-refractivity contribution in [2.75, 3.05) is 0 Å². The Morgan fingerprint density at radius 2 is 1.95 bits per heavy atom. The van der Waals surface area contributed by atoms with Crippen LogP contribution in [0.3, 0.4) is 0 Å². The van der Waals surface area contributed by atoms with E-state index in [9.17, 15) is 9.59 Å². The minimum atomic E-state index is -1.00. The number of hydrogen-bond acceptors (Lipinski definition) is 3. The zero-order valence-electron chi connectivity index (χ0n) is 12.7. The van der Waals surface area contributed by atoms with Crippen molar-refractivity contribution < 1.29 is 14.7 Å². The predicted octanol–water partition coefficient (Wildman–Crippen LogP) is 2.39. The topological polar surface area (TPSA) is 79.3 Å². The number of aliphatic carboxylic acids is 1. The Hall–Kier alpha value is -2.43. The quantitative estimate of drug-likeness (QED) is 0.858. The molecule has 5 heteroatoms.